The molecule has 2 aromatic rings. The Morgan fingerprint density at radius 1 is 1.32 bits per heavy atom. The number of aromatic nitrogens is 3. The van der Waals surface area contributed by atoms with Gasteiger partial charge >= 0.3 is 11.8 Å². The Labute approximate surface area is 163 Å². The maximum Gasteiger partial charge on any atom is 0.314 e. The molecule has 28 heavy (non-hydrogen) atoms. The summed E-state index contributed by atoms with van der Waals surface area (Å²) in [5.41, 5.74) is 6.77. The smallest absolute Gasteiger partial charge is 0.314 e. The van der Waals surface area contributed by atoms with Crippen LogP contribution in [0.2, 0.25) is 0 Å². The minimum absolute atomic E-state index is 0.0477. The van der Waals surface area contributed by atoms with Crippen molar-refractivity contribution in [3.05, 3.63) is 12.4 Å². The van der Waals surface area contributed by atoms with Crippen LogP contribution in [0.4, 0.5) is 11.5 Å². The quantitative estimate of drug-likeness (QED) is 0.672. The maximum absolute atomic E-state index is 13.0. The zero-order valence-electron chi connectivity index (χ0n) is 16.0. The number of nitrogens with zero attached hydrogens (tertiary/aromatic N) is 3. The molecule has 4 N–H and O–H groups in total. The summed E-state index contributed by atoms with van der Waals surface area (Å²) in [5.74, 6) is -0.203. The van der Waals surface area contributed by atoms with Gasteiger partial charge in [-0.05, 0) is 31.6 Å². The summed E-state index contributed by atoms with van der Waals surface area (Å²) in [6.07, 6.45) is 6.97. The summed E-state index contributed by atoms with van der Waals surface area (Å²) in [5, 5.41) is 10.0. The lowest BCUT2D eigenvalue weighted by molar-refractivity contribution is -0.148. The van der Waals surface area contributed by atoms with E-state index in [-0.39, 0.29) is 12.0 Å². The van der Waals surface area contributed by atoms with Gasteiger partial charge in [-0.15, -0.1) is 0 Å². The fraction of sp³-hybridized carbons (Fsp3) is 0.579. The van der Waals surface area contributed by atoms with Crippen LogP contribution in [0.3, 0.4) is 0 Å². The second-order valence-corrected chi connectivity index (χ2v) is 7.85. The number of aromatic amines is 1. The van der Waals surface area contributed by atoms with Crippen LogP contribution in [0.15, 0.2) is 12.4 Å². The third-order valence-corrected chi connectivity index (χ3v) is 5.82. The Morgan fingerprint density at radius 2 is 2.18 bits per heavy atom. The lowest BCUT2D eigenvalue weighted by Crippen LogP contribution is -2.54. The van der Waals surface area contributed by atoms with Gasteiger partial charge in [-0.2, -0.15) is 5.10 Å². The van der Waals surface area contributed by atoms with Crippen LogP contribution in [-0.4, -0.2) is 57.7 Å². The first-order valence-electron chi connectivity index (χ1n) is 9.82. The van der Waals surface area contributed by atoms with Crippen molar-refractivity contribution < 1.29 is 14.3 Å². The van der Waals surface area contributed by atoms with Crippen molar-refractivity contribution in [2.45, 2.75) is 38.6 Å². The predicted octanol–water partition coefficient (Wildman–Crippen LogP) is 1.53. The molecule has 0 aliphatic carbocycles. The number of pyridine rings is 1. The number of rotatable bonds is 2. The van der Waals surface area contributed by atoms with E-state index in [4.69, 9.17) is 10.5 Å². The van der Waals surface area contributed by atoms with E-state index in [0.29, 0.717) is 41.5 Å². The van der Waals surface area contributed by atoms with E-state index in [1.165, 1.54) is 6.20 Å². The maximum atomic E-state index is 13.0. The number of likely N-dealkylation sites (tertiary alicyclic amines) is 1. The molecule has 0 spiro atoms. The Morgan fingerprint density at radius 3 is 2.96 bits per heavy atom. The Hall–Kier alpha value is -2.68. The van der Waals surface area contributed by atoms with Gasteiger partial charge in [0.25, 0.3) is 0 Å². The topological polar surface area (TPSA) is 126 Å². The van der Waals surface area contributed by atoms with E-state index >= 15 is 0 Å². The molecular weight excluding hydrogens is 360 g/mol. The number of ether oxygens (including phenoxy) is 1. The van der Waals surface area contributed by atoms with Crippen molar-refractivity contribution in [1.82, 2.24) is 20.1 Å². The number of carbonyl (C=O) groups excluding carboxylic acids is 2. The normalized spacial score (nSPS) is 25.6. The second-order valence-electron chi connectivity index (χ2n) is 7.85. The molecular formula is C19H26N6O3. The first kappa shape index (κ1) is 18.7. The number of piperidine rings is 1. The largest absolute Gasteiger partial charge is 0.383 e. The predicted molar refractivity (Wildman–Crippen MR) is 104 cm³/mol. The Balaban J connectivity index is 1.52. The molecule has 150 valence electrons. The molecule has 0 unspecified atom stereocenters. The zero-order valence-corrected chi connectivity index (χ0v) is 16.0. The highest BCUT2D eigenvalue weighted by Crippen LogP contribution is 2.31. The molecule has 0 saturated carbocycles. The number of amides is 2. The molecule has 9 nitrogen and oxygen atoms in total. The van der Waals surface area contributed by atoms with Gasteiger partial charge in [-0.1, -0.05) is 6.92 Å². The van der Waals surface area contributed by atoms with Gasteiger partial charge in [0.2, 0.25) is 0 Å². The number of fused-ring (bicyclic) bond motifs is 1. The SMILES string of the molecule is C[C@H]1CC[C@H]([C@H]2CCCOC2)N(C(=O)C(=O)Nc2cnc(N)c3cn[nH]c23)C1. The zero-order chi connectivity index (χ0) is 19.7. The molecule has 0 aromatic carbocycles. The van der Waals surface area contributed by atoms with E-state index in [9.17, 15) is 9.59 Å². The van der Waals surface area contributed by atoms with Gasteiger partial charge in [0.1, 0.15) is 5.82 Å². The highest BCUT2D eigenvalue weighted by atomic mass is 16.5. The molecule has 0 radical (unpaired) electrons. The lowest BCUT2D eigenvalue weighted by atomic mass is 9.83. The summed E-state index contributed by atoms with van der Waals surface area (Å²) < 4.78 is 5.63. The monoisotopic (exact) mass is 386 g/mol. The van der Waals surface area contributed by atoms with Crippen molar-refractivity contribution >= 4 is 34.2 Å². The number of hydrogen-bond acceptors (Lipinski definition) is 6. The summed E-state index contributed by atoms with van der Waals surface area (Å²) in [6.45, 7) is 4.14. The van der Waals surface area contributed by atoms with Crippen molar-refractivity contribution in [3.8, 4) is 0 Å². The minimum Gasteiger partial charge on any atom is -0.383 e. The number of carbonyl (C=O) groups is 2. The molecule has 0 bridgehead atoms. The molecule has 2 aliphatic rings. The molecule has 2 amide bonds. The molecule has 9 heteroatoms. The molecule has 4 heterocycles. The average molecular weight is 386 g/mol. The van der Waals surface area contributed by atoms with Crippen molar-refractivity contribution in [2.24, 2.45) is 11.8 Å². The highest BCUT2D eigenvalue weighted by molar-refractivity contribution is 6.40. The third-order valence-electron chi connectivity index (χ3n) is 5.82. The van der Waals surface area contributed by atoms with Crippen molar-refractivity contribution in [2.75, 3.05) is 30.8 Å². The van der Waals surface area contributed by atoms with Crippen LogP contribution >= 0.6 is 0 Å². The number of H-pyrrole nitrogens is 1. The summed E-state index contributed by atoms with van der Waals surface area (Å²) >= 11 is 0. The average Bonchev–Trinajstić information content (AvgIpc) is 3.21. The number of nitrogens with one attached hydrogen (secondary N) is 2. The van der Waals surface area contributed by atoms with Gasteiger partial charge in [-0.3, -0.25) is 14.7 Å². The summed E-state index contributed by atoms with van der Waals surface area (Å²) in [7, 11) is 0. The number of nitrogen functional groups attached to an aromatic ring is 1. The van der Waals surface area contributed by atoms with Crippen molar-refractivity contribution in [1.29, 1.82) is 0 Å². The van der Waals surface area contributed by atoms with E-state index < -0.39 is 11.8 Å². The van der Waals surface area contributed by atoms with Crippen LogP contribution in [-0.2, 0) is 14.3 Å². The summed E-state index contributed by atoms with van der Waals surface area (Å²) in [6, 6.07) is 0.0477. The van der Waals surface area contributed by atoms with Crippen molar-refractivity contribution in [3.63, 3.8) is 0 Å². The van der Waals surface area contributed by atoms with Gasteiger partial charge in [0, 0.05) is 25.1 Å². The molecule has 3 atom stereocenters. The number of anilines is 2. The van der Waals surface area contributed by atoms with Gasteiger partial charge < -0.3 is 20.7 Å². The van der Waals surface area contributed by atoms with Crippen LogP contribution < -0.4 is 11.1 Å². The van der Waals surface area contributed by atoms with Gasteiger partial charge in [0.05, 0.1) is 35.6 Å². The molecule has 2 saturated heterocycles. The minimum atomic E-state index is -0.668. The number of hydrogen-bond donors (Lipinski definition) is 3. The van der Waals surface area contributed by atoms with E-state index in [1.807, 2.05) is 0 Å². The highest BCUT2D eigenvalue weighted by Gasteiger charge is 2.38. The standard InChI is InChI=1S/C19H26N6O3/c1-11-4-5-15(12-3-2-6-28-10-12)25(9-11)19(27)18(26)23-14-8-21-17(20)13-7-22-24-16(13)14/h7-8,11-12,15H,2-6,9-10H2,1H3,(H2,20,21)(H,22,24)(H,23,26)/t11-,12-,15+/m0/s1. The van der Waals surface area contributed by atoms with Gasteiger partial charge in [-0.25, -0.2) is 4.98 Å². The molecule has 2 aliphatic heterocycles. The Kier molecular flexibility index (Phi) is 5.17. The van der Waals surface area contributed by atoms with Gasteiger partial charge in [0.15, 0.2) is 0 Å². The molecule has 2 fully saturated rings. The fourth-order valence-corrected chi connectivity index (χ4v) is 4.32. The third kappa shape index (κ3) is 3.54. The summed E-state index contributed by atoms with van der Waals surface area (Å²) in [4.78, 5) is 31.6. The first-order valence-corrected chi connectivity index (χ1v) is 9.82. The number of nitrogens with two attached hydrogens (primary N) is 1. The van der Waals surface area contributed by atoms with E-state index in [0.717, 1.165) is 32.3 Å². The fourth-order valence-electron chi connectivity index (χ4n) is 4.32. The van der Waals surface area contributed by atoms with Crippen LogP contribution in [0, 0.1) is 11.8 Å². The molecule has 4 rings (SSSR count). The lowest BCUT2D eigenvalue weighted by Gasteiger charge is -2.43. The van der Waals surface area contributed by atoms with E-state index in [2.05, 4.69) is 27.4 Å². The first-order chi connectivity index (χ1) is 13.5. The van der Waals surface area contributed by atoms with E-state index in [1.54, 1.807) is 11.1 Å². The van der Waals surface area contributed by atoms with Crippen LogP contribution in [0.25, 0.3) is 10.9 Å². The van der Waals surface area contributed by atoms with Crippen LogP contribution in [0.5, 0.6) is 0 Å². The second kappa shape index (κ2) is 7.75. The van der Waals surface area contributed by atoms with Crippen LogP contribution in [0.1, 0.15) is 32.6 Å². The Bertz CT molecular complexity index is 876. The molecule has 2 aromatic heterocycles.